The Kier molecular flexibility index (Phi) is 6.22. The predicted octanol–water partition coefficient (Wildman–Crippen LogP) is 4.67. The highest BCUT2D eigenvalue weighted by Gasteiger charge is 2.15. The number of carbonyl (C=O) groups is 1. The Balaban J connectivity index is 1.44. The summed E-state index contributed by atoms with van der Waals surface area (Å²) in [5.74, 6) is 3.52. The van der Waals surface area contributed by atoms with Gasteiger partial charge in [0.05, 0.1) is 12.1 Å². The average Bonchev–Trinajstić information content (AvgIpc) is 3.25. The molecule has 0 atom stereocenters. The van der Waals surface area contributed by atoms with Crippen molar-refractivity contribution in [3.8, 4) is 16.3 Å². The lowest BCUT2D eigenvalue weighted by atomic mass is 10.2. The number of methoxy groups -OCH3 is 1. The summed E-state index contributed by atoms with van der Waals surface area (Å²) in [5.41, 5.74) is 1.84. The third kappa shape index (κ3) is 4.66. The summed E-state index contributed by atoms with van der Waals surface area (Å²) in [4.78, 5) is 23.9. The molecule has 9 heteroatoms. The van der Waals surface area contributed by atoms with Crippen molar-refractivity contribution in [3.63, 3.8) is 0 Å². The number of hydrogen-bond acceptors (Lipinski definition) is 7. The third-order valence-corrected chi connectivity index (χ3v) is 6.61. The van der Waals surface area contributed by atoms with Gasteiger partial charge in [0.1, 0.15) is 22.3 Å². The molecule has 0 radical (unpaired) electrons. The molecule has 1 saturated heterocycles. The van der Waals surface area contributed by atoms with Gasteiger partial charge in [0.2, 0.25) is 0 Å². The van der Waals surface area contributed by atoms with E-state index in [0.29, 0.717) is 22.2 Å². The van der Waals surface area contributed by atoms with Crippen LogP contribution in [0.2, 0.25) is 5.02 Å². The monoisotopic (exact) mass is 446 g/mol. The van der Waals surface area contributed by atoms with Crippen molar-refractivity contribution in [3.05, 3.63) is 52.6 Å². The second-order valence-corrected chi connectivity index (χ2v) is 8.84. The number of hydrogen-bond donors (Lipinski definition) is 1. The zero-order chi connectivity index (χ0) is 20.2. The minimum atomic E-state index is -0.288. The van der Waals surface area contributed by atoms with Crippen LogP contribution >= 0.6 is 34.7 Å². The molecule has 3 aromatic rings. The molecule has 1 aliphatic rings. The van der Waals surface area contributed by atoms with Crippen molar-refractivity contribution in [1.82, 2.24) is 9.97 Å². The van der Waals surface area contributed by atoms with Crippen LogP contribution in [0.1, 0.15) is 10.5 Å². The maximum Gasteiger partial charge on any atom is 0.275 e. The van der Waals surface area contributed by atoms with Crippen molar-refractivity contribution in [2.45, 2.75) is 0 Å². The first-order valence-corrected chi connectivity index (χ1v) is 11.4. The van der Waals surface area contributed by atoms with Crippen molar-refractivity contribution in [2.24, 2.45) is 0 Å². The summed E-state index contributed by atoms with van der Waals surface area (Å²) < 4.78 is 5.12. The van der Waals surface area contributed by atoms with Crippen LogP contribution in [0.5, 0.6) is 5.75 Å². The molecule has 4 rings (SSSR count). The standard InChI is InChI=1S/C20H19ClN4O2S2/c1-27-17-4-3-14(10-15(17)21)23-19(26)16-12-29-20(24-16)13-2-5-18(22-11-13)25-6-8-28-9-7-25/h2-5,10-12H,6-9H2,1H3,(H,23,26). The highest BCUT2D eigenvalue weighted by atomic mass is 35.5. The number of nitrogens with zero attached hydrogens (tertiary/aromatic N) is 3. The number of ether oxygens (including phenoxy) is 1. The number of benzene rings is 1. The molecule has 3 heterocycles. The lowest BCUT2D eigenvalue weighted by molar-refractivity contribution is 0.102. The lowest BCUT2D eigenvalue weighted by Crippen LogP contribution is -2.32. The molecular formula is C20H19ClN4O2S2. The van der Waals surface area contributed by atoms with Crippen LogP contribution in [0.25, 0.3) is 10.6 Å². The van der Waals surface area contributed by atoms with Gasteiger partial charge >= 0.3 is 0 Å². The van der Waals surface area contributed by atoms with E-state index in [1.54, 1.807) is 30.7 Å². The molecule has 150 valence electrons. The number of aromatic nitrogens is 2. The van der Waals surface area contributed by atoms with E-state index in [4.69, 9.17) is 16.3 Å². The smallest absolute Gasteiger partial charge is 0.275 e. The van der Waals surface area contributed by atoms with E-state index in [-0.39, 0.29) is 5.91 Å². The van der Waals surface area contributed by atoms with Crippen LogP contribution in [0.4, 0.5) is 11.5 Å². The van der Waals surface area contributed by atoms with Crippen LogP contribution < -0.4 is 15.0 Å². The number of halogens is 1. The second kappa shape index (κ2) is 9.02. The second-order valence-electron chi connectivity index (χ2n) is 6.35. The van der Waals surface area contributed by atoms with Crippen molar-refractivity contribution in [1.29, 1.82) is 0 Å². The Morgan fingerprint density at radius 1 is 1.24 bits per heavy atom. The highest BCUT2D eigenvalue weighted by Crippen LogP contribution is 2.28. The summed E-state index contributed by atoms with van der Waals surface area (Å²) in [6.07, 6.45) is 1.82. The molecule has 1 amide bonds. The Bertz CT molecular complexity index is 1000. The molecule has 0 unspecified atom stereocenters. The number of amides is 1. The van der Waals surface area contributed by atoms with E-state index in [0.717, 1.165) is 41.0 Å². The Labute approximate surface area is 182 Å². The van der Waals surface area contributed by atoms with Gasteiger partial charge in [-0.05, 0) is 30.3 Å². The fraction of sp³-hybridized carbons (Fsp3) is 0.250. The maximum atomic E-state index is 12.5. The average molecular weight is 447 g/mol. The molecule has 0 saturated carbocycles. The summed E-state index contributed by atoms with van der Waals surface area (Å²) in [6, 6.07) is 9.11. The van der Waals surface area contributed by atoms with Gasteiger partial charge < -0.3 is 15.0 Å². The Hall–Kier alpha value is -2.29. The zero-order valence-electron chi connectivity index (χ0n) is 15.7. The van der Waals surface area contributed by atoms with Gasteiger partial charge in [0.15, 0.2) is 0 Å². The Morgan fingerprint density at radius 3 is 2.76 bits per heavy atom. The molecule has 29 heavy (non-hydrogen) atoms. The van der Waals surface area contributed by atoms with E-state index < -0.39 is 0 Å². The van der Waals surface area contributed by atoms with Crippen molar-refractivity contribution >= 4 is 52.1 Å². The minimum Gasteiger partial charge on any atom is -0.495 e. The number of nitrogens with one attached hydrogen (secondary N) is 1. The SMILES string of the molecule is COc1ccc(NC(=O)c2csc(-c3ccc(N4CCSCC4)nc3)n2)cc1Cl. The summed E-state index contributed by atoms with van der Waals surface area (Å²) in [5, 5.41) is 5.74. The highest BCUT2D eigenvalue weighted by molar-refractivity contribution is 7.99. The maximum absolute atomic E-state index is 12.5. The first-order chi connectivity index (χ1) is 14.1. The quantitative estimate of drug-likeness (QED) is 0.614. The molecule has 0 bridgehead atoms. The van der Waals surface area contributed by atoms with Crippen molar-refractivity contribution in [2.75, 3.05) is 41.9 Å². The third-order valence-electron chi connectivity index (χ3n) is 4.48. The summed E-state index contributed by atoms with van der Waals surface area (Å²) in [7, 11) is 1.54. The van der Waals surface area contributed by atoms with Gasteiger partial charge in [0, 0.05) is 47.4 Å². The lowest BCUT2D eigenvalue weighted by Gasteiger charge is -2.27. The van der Waals surface area contributed by atoms with Crippen LogP contribution in [-0.2, 0) is 0 Å². The number of rotatable bonds is 5. The fourth-order valence-corrected chi connectivity index (χ4v) is 4.89. The first kappa shape index (κ1) is 20.0. The molecule has 6 nitrogen and oxygen atoms in total. The number of anilines is 2. The number of thioether (sulfide) groups is 1. The van der Waals surface area contributed by atoms with Gasteiger partial charge in [-0.25, -0.2) is 9.97 Å². The van der Waals surface area contributed by atoms with Crippen LogP contribution in [0.3, 0.4) is 0 Å². The molecule has 1 fully saturated rings. The fourth-order valence-electron chi connectivity index (χ4n) is 2.94. The van der Waals surface area contributed by atoms with Gasteiger partial charge in [0.25, 0.3) is 5.91 Å². The number of carbonyl (C=O) groups excluding carboxylic acids is 1. The normalized spacial score (nSPS) is 13.9. The topological polar surface area (TPSA) is 67.3 Å². The zero-order valence-corrected chi connectivity index (χ0v) is 18.1. The first-order valence-electron chi connectivity index (χ1n) is 9.03. The Morgan fingerprint density at radius 2 is 2.07 bits per heavy atom. The molecular weight excluding hydrogens is 428 g/mol. The summed E-state index contributed by atoms with van der Waals surface area (Å²) in [6.45, 7) is 2.04. The molecule has 0 aliphatic carbocycles. The molecule has 1 aromatic carbocycles. The largest absolute Gasteiger partial charge is 0.495 e. The van der Waals surface area contributed by atoms with Crippen LogP contribution in [0, 0.1) is 0 Å². The molecule has 1 N–H and O–H groups in total. The van der Waals surface area contributed by atoms with E-state index in [1.807, 2.05) is 30.1 Å². The summed E-state index contributed by atoms with van der Waals surface area (Å²) >= 11 is 9.50. The van der Waals surface area contributed by atoms with Gasteiger partial charge in [-0.1, -0.05) is 11.6 Å². The minimum absolute atomic E-state index is 0.288. The van der Waals surface area contributed by atoms with E-state index in [9.17, 15) is 4.79 Å². The predicted molar refractivity (Wildman–Crippen MR) is 121 cm³/mol. The van der Waals surface area contributed by atoms with E-state index in [1.165, 1.54) is 11.3 Å². The van der Waals surface area contributed by atoms with Crippen LogP contribution in [-0.4, -0.2) is 47.6 Å². The van der Waals surface area contributed by atoms with Gasteiger partial charge in [-0.2, -0.15) is 11.8 Å². The van der Waals surface area contributed by atoms with Crippen LogP contribution in [0.15, 0.2) is 41.9 Å². The molecule has 2 aromatic heterocycles. The van der Waals surface area contributed by atoms with Crippen molar-refractivity contribution < 1.29 is 9.53 Å². The number of thiazole rings is 1. The van der Waals surface area contributed by atoms with Gasteiger partial charge in [-0.3, -0.25) is 4.79 Å². The van der Waals surface area contributed by atoms with E-state index >= 15 is 0 Å². The van der Waals surface area contributed by atoms with E-state index in [2.05, 4.69) is 20.2 Å². The molecule has 1 aliphatic heterocycles. The number of pyridine rings is 1. The van der Waals surface area contributed by atoms with Gasteiger partial charge in [-0.15, -0.1) is 11.3 Å². The molecule has 0 spiro atoms.